The molecule has 0 aliphatic carbocycles. The number of nitrogens with zero attached hydrogens (tertiary/aromatic N) is 1. The number of rotatable bonds is 2. The van der Waals surface area contributed by atoms with Crippen molar-refractivity contribution < 1.29 is 60.9 Å². The third-order valence-corrected chi connectivity index (χ3v) is 1.40. The van der Waals surface area contributed by atoms with E-state index >= 15 is 0 Å². The SMILES string of the molecule is [K+].[N-]=C[C@H]1CC[C@@H](C=O)O1. The Balaban J connectivity index is 0.000000810. The summed E-state index contributed by atoms with van der Waals surface area (Å²) >= 11 is 0. The van der Waals surface area contributed by atoms with Crippen LogP contribution in [0.2, 0.25) is 0 Å². The van der Waals surface area contributed by atoms with Gasteiger partial charge in [0.1, 0.15) is 12.4 Å². The van der Waals surface area contributed by atoms with Gasteiger partial charge in [-0.25, -0.2) is 0 Å². The minimum atomic E-state index is -0.293. The number of ether oxygens (including phenoxy) is 1. The summed E-state index contributed by atoms with van der Waals surface area (Å²) in [5.74, 6) is 0. The second kappa shape index (κ2) is 5.57. The Kier molecular flexibility index (Phi) is 6.09. The van der Waals surface area contributed by atoms with Gasteiger partial charge in [-0.15, -0.1) is 0 Å². The molecule has 2 atom stereocenters. The van der Waals surface area contributed by atoms with E-state index in [1.807, 2.05) is 0 Å². The number of carbonyl (C=O) groups excluding carboxylic acids is 1. The number of hydrogen-bond acceptors (Lipinski definition) is 2. The Hall–Kier alpha value is 0.936. The minimum Gasteiger partial charge on any atom is -0.812 e. The van der Waals surface area contributed by atoms with Crippen molar-refractivity contribution >= 4 is 12.5 Å². The topological polar surface area (TPSA) is 48.6 Å². The zero-order valence-electron chi connectivity index (χ0n) is 5.99. The zero-order chi connectivity index (χ0) is 6.69. The molecule has 0 aromatic heterocycles. The van der Waals surface area contributed by atoms with Crippen molar-refractivity contribution in [1.29, 1.82) is 0 Å². The van der Waals surface area contributed by atoms with Crippen molar-refractivity contribution in [2.24, 2.45) is 0 Å². The smallest absolute Gasteiger partial charge is 0.812 e. The Morgan fingerprint density at radius 2 is 2.00 bits per heavy atom. The summed E-state index contributed by atoms with van der Waals surface area (Å²) in [6.45, 7) is 0. The molecule has 1 rings (SSSR count). The van der Waals surface area contributed by atoms with Gasteiger partial charge in [-0.3, -0.25) is 0 Å². The summed E-state index contributed by atoms with van der Waals surface area (Å²) in [5, 5.41) is 8.41. The molecule has 0 aromatic rings. The maximum absolute atomic E-state index is 10.0. The number of aldehydes is 1. The van der Waals surface area contributed by atoms with Crippen LogP contribution in [0.5, 0.6) is 0 Å². The van der Waals surface area contributed by atoms with Gasteiger partial charge in [-0.05, 0) is 12.8 Å². The molecule has 1 aliphatic heterocycles. The molecule has 0 N–H and O–H groups in total. The molecule has 1 heterocycles. The van der Waals surface area contributed by atoms with Crippen LogP contribution in [0.3, 0.4) is 0 Å². The molecule has 0 saturated carbocycles. The predicted octanol–water partition coefficient (Wildman–Crippen LogP) is -2.62. The maximum atomic E-state index is 10.0. The first kappa shape index (κ1) is 10.9. The van der Waals surface area contributed by atoms with E-state index < -0.39 is 0 Å². The number of hydrogen-bond donors (Lipinski definition) is 0. The van der Waals surface area contributed by atoms with Gasteiger partial charge in [0.2, 0.25) is 0 Å². The van der Waals surface area contributed by atoms with Crippen LogP contribution in [-0.2, 0) is 9.53 Å². The molecule has 1 fully saturated rings. The van der Waals surface area contributed by atoms with Gasteiger partial charge in [-0.2, -0.15) is 6.21 Å². The van der Waals surface area contributed by atoms with E-state index in [1.165, 1.54) is 0 Å². The second-order valence-electron chi connectivity index (χ2n) is 2.08. The minimum absolute atomic E-state index is 0. The van der Waals surface area contributed by atoms with Crippen LogP contribution in [0, 0.1) is 0 Å². The molecule has 1 aliphatic rings. The van der Waals surface area contributed by atoms with E-state index in [4.69, 9.17) is 10.1 Å². The van der Waals surface area contributed by atoms with E-state index in [-0.39, 0.29) is 63.6 Å². The van der Waals surface area contributed by atoms with Gasteiger partial charge in [0.05, 0.1) is 6.10 Å². The molecule has 0 bridgehead atoms. The average Bonchev–Trinajstić information content (AvgIpc) is 2.34. The van der Waals surface area contributed by atoms with E-state index in [1.54, 1.807) is 0 Å². The largest absolute Gasteiger partial charge is 1.00 e. The summed E-state index contributed by atoms with van der Waals surface area (Å²) in [7, 11) is 0. The zero-order valence-corrected chi connectivity index (χ0v) is 9.11. The van der Waals surface area contributed by atoms with Crippen LogP contribution in [0.25, 0.3) is 5.41 Å². The Labute approximate surface area is 102 Å². The van der Waals surface area contributed by atoms with Crippen LogP contribution in [0.1, 0.15) is 12.8 Å². The average molecular weight is 165 g/mol. The second-order valence-corrected chi connectivity index (χ2v) is 2.08. The molecule has 3 nitrogen and oxygen atoms in total. The van der Waals surface area contributed by atoms with E-state index in [9.17, 15) is 4.79 Å². The van der Waals surface area contributed by atoms with Crippen molar-refractivity contribution in [2.45, 2.75) is 25.0 Å². The van der Waals surface area contributed by atoms with Gasteiger partial charge in [0.15, 0.2) is 0 Å². The Morgan fingerprint density at radius 3 is 2.30 bits per heavy atom. The molecular weight excluding hydrogens is 157 g/mol. The number of carbonyl (C=O) groups is 1. The first-order valence-electron chi connectivity index (χ1n) is 2.95. The quantitative estimate of drug-likeness (QED) is 0.255. The molecule has 10 heavy (non-hydrogen) atoms. The van der Waals surface area contributed by atoms with Gasteiger partial charge in [0, 0.05) is 0 Å². The molecule has 50 valence electrons. The molecule has 4 heteroatoms. The van der Waals surface area contributed by atoms with E-state index in [0.29, 0.717) is 0 Å². The van der Waals surface area contributed by atoms with Crippen molar-refractivity contribution in [3.05, 3.63) is 5.41 Å². The fraction of sp³-hybridized carbons (Fsp3) is 0.667. The predicted molar refractivity (Wildman–Crippen MR) is 33.4 cm³/mol. The summed E-state index contributed by atoms with van der Waals surface area (Å²) < 4.78 is 4.99. The van der Waals surface area contributed by atoms with Crippen molar-refractivity contribution in [3.8, 4) is 0 Å². The standard InChI is InChI=1S/C6H8NO2.K/c7-3-5-1-2-6(4-8)9-5;/h3-6H,1-2H2;/q-1;+1/t5-,6+;/m1./s1. The summed E-state index contributed by atoms with van der Waals surface area (Å²) in [6, 6.07) is 0. The summed E-state index contributed by atoms with van der Waals surface area (Å²) in [5.41, 5.74) is 0. The monoisotopic (exact) mass is 165 g/mol. The van der Waals surface area contributed by atoms with E-state index in [0.717, 1.165) is 25.3 Å². The van der Waals surface area contributed by atoms with Crippen molar-refractivity contribution in [3.63, 3.8) is 0 Å². The van der Waals surface area contributed by atoms with Gasteiger partial charge < -0.3 is 14.9 Å². The third kappa shape index (κ3) is 2.90. The first-order chi connectivity index (χ1) is 4.36. The van der Waals surface area contributed by atoms with Gasteiger partial charge in [0.25, 0.3) is 0 Å². The first-order valence-corrected chi connectivity index (χ1v) is 2.95. The fourth-order valence-corrected chi connectivity index (χ4v) is 0.899. The van der Waals surface area contributed by atoms with Crippen LogP contribution in [0.4, 0.5) is 0 Å². The molecule has 0 aromatic carbocycles. The van der Waals surface area contributed by atoms with Gasteiger partial charge >= 0.3 is 51.4 Å². The molecule has 0 spiro atoms. The fourth-order valence-electron chi connectivity index (χ4n) is 0.899. The summed E-state index contributed by atoms with van der Waals surface area (Å²) in [4.78, 5) is 10.0. The molecular formula is C6H8KNO2. The normalized spacial score (nSPS) is 30.8. The molecule has 0 amide bonds. The van der Waals surface area contributed by atoms with E-state index in [2.05, 4.69) is 0 Å². The van der Waals surface area contributed by atoms with Crippen LogP contribution in [0.15, 0.2) is 0 Å². The summed E-state index contributed by atoms with van der Waals surface area (Å²) in [6.07, 6.45) is 2.72. The molecule has 0 unspecified atom stereocenters. The maximum Gasteiger partial charge on any atom is 1.00 e. The molecule has 1 saturated heterocycles. The molecule has 0 radical (unpaired) electrons. The van der Waals surface area contributed by atoms with Crippen molar-refractivity contribution in [1.82, 2.24) is 0 Å². The van der Waals surface area contributed by atoms with Crippen molar-refractivity contribution in [2.75, 3.05) is 0 Å². The van der Waals surface area contributed by atoms with Crippen LogP contribution >= 0.6 is 0 Å². The van der Waals surface area contributed by atoms with Crippen LogP contribution in [-0.4, -0.2) is 24.7 Å². The van der Waals surface area contributed by atoms with Crippen LogP contribution < -0.4 is 51.4 Å². The Morgan fingerprint density at radius 1 is 1.40 bits per heavy atom. The third-order valence-electron chi connectivity index (χ3n) is 1.40. The Bertz CT molecular complexity index is 115. The van der Waals surface area contributed by atoms with Gasteiger partial charge in [-0.1, -0.05) is 0 Å².